The lowest BCUT2D eigenvalue weighted by molar-refractivity contribution is -0.132. The molecular formula is C18H22N2O4S2. The number of sulfonamides is 1. The van der Waals surface area contributed by atoms with E-state index in [-0.39, 0.29) is 17.4 Å². The molecule has 0 spiro atoms. The van der Waals surface area contributed by atoms with E-state index in [4.69, 9.17) is 4.74 Å². The summed E-state index contributed by atoms with van der Waals surface area (Å²) in [7, 11) is -3.65. The molecule has 1 saturated heterocycles. The molecule has 0 atom stereocenters. The molecule has 0 bridgehead atoms. The number of ether oxygens (including phenoxy) is 1. The first kappa shape index (κ1) is 18.7. The second-order valence-electron chi connectivity index (χ2n) is 6.29. The molecule has 0 unspecified atom stereocenters. The summed E-state index contributed by atoms with van der Waals surface area (Å²) >= 11 is 1.45. The summed E-state index contributed by atoms with van der Waals surface area (Å²) in [6.07, 6.45) is 2.06. The number of carbonyl (C=O) groups is 1. The average molecular weight is 395 g/mol. The molecule has 1 fully saturated rings. The van der Waals surface area contributed by atoms with Crippen LogP contribution in [0.4, 0.5) is 5.69 Å². The number of nitrogens with zero attached hydrogens (tertiary/aromatic N) is 1. The minimum Gasteiger partial charge on any atom is -0.484 e. The van der Waals surface area contributed by atoms with Crippen molar-refractivity contribution in [2.24, 2.45) is 0 Å². The summed E-state index contributed by atoms with van der Waals surface area (Å²) in [5.41, 5.74) is 0.402. The van der Waals surface area contributed by atoms with Crippen LogP contribution in [0.5, 0.6) is 5.75 Å². The molecule has 8 heteroatoms. The molecule has 140 valence electrons. The van der Waals surface area contributed by atoms with Gasteiger partial charge in [-0.25, -0.2) is 8.42 Å². The van der Waals surface area contributed by atoms with E-state index >= 15 is 0 Å². The number of nitrogens with one attached hydrogen (secondary N) is 1. The summed E-state index contributed by atoms with van der Waals surface area (Å²) in [4.78, 5) is 15.8. The van der Waals surface area contributed by atoms with E-state index < -0.39 is 10.0 Å². The quantitative estimate of drug-likeness (QED) is 0.817. The lowest BCUT2D eigenvalue weighted by atomic mass is 10.3. The highest BCUT2D eigenvalue weighted by atomic mass is 32.2. The van der Waals surface area contributed by atoms with Crippen molar-refractivity contribution in [3.05, 3.63) is 40.1 Å². The van der Waals surface area contributed by atoms with Crippen LogP contribution in [0.1, 0.15) is 22.6 Å². The largest absolute Gasteiger partial charge is 0.484 e. The van der Waals surface area contributed by atoms with Crippen molar-refractivity contribution < 1.29 is 17.9 Å². The van der Waals surface area contributed by atoms with Crippen LogP contribution in [0.3, 0.4) is 0 Å². The Balaban J connectivity index is 1.67. The Morgan fingerprint density at radius 3 is 2.62 bits per heavy atom. The second-order valence-corrected chi connectivity index (χ2v) is 9.40. The van der Waals surface area contributed by atoms with E-state index in [0.29, 0.717) is 11.4 Å². The zero-order valence-electron chi connectivity index (χ0n) is 14.8. The van der Waals surface area contributed by atoms with Crippen molar-refractivity contribution in [1.82, 2.24) is 4.90 Å². The number of benzene rings is 1. The standard InChI is InChI=1S/C18H22N2O4S2/c1-13-10-17(14(2)25-13)26(22,23)19-15-6-5-7-16(11-15)24-12-18(21)20-8-3-4-9-20/h5-7,10-11,19H,3-4,8-9,12H2,1-2H3. The van der Waals surface area contributed by atoms with Crippen molar-refractivity contribution in [1.29, 1.82) is 0 Å². The number of carbonyl (C=O) groups excluding carboxylic acids is 1. The fraction of sp³-hybridized carbons (Fsp3) is 0.389. The highest BCUT2D eigenvalue weighted by molar-refractivity contribution is 7.93. The third-order valence-corrected chi connectivity index (χ3v) is 6.79. The van der Waals surface area contributed by atoms with Gasteiger partial charge in [0.2, 0.25) is 0 Å². The van der Waals surface area contributed by atoms with Crippen molar-refractivity contribution in [3.8, 4) is 5.75 Å². The molecule has 1 aliphatic heterocycles. The molecule has 1 N–H and O–H groups in total. The molecule has 2 aromatic rings. The predicted molar refractivity (Wildman–Crippen MR) is 102 cm³/mol. The van der Waals surface area contributed by atoms with Gasteiger partial charge in [-0.2, -0.15) is 0 Å². The van der Waals surface area contributed by atoms with Crippen LogP contribution in [0.25, 0.3) is 0 Å². The Kier molecular flexibility index (Phi) is 5.52. The number of amides is 1. The molecule has 0 aliphatic carbocycles. The van der Waals surface area contributed by atoms with Crippen molar-refractivity contribution in [2.45, 2.75) is 31.6 Å². The number of aryl methyl sites for hydroxylation is 2. The molecule has 26 heavy (non-hydrogen) atoms. The predicted octanol–water partition coefficient (Wildman–Crippen LogP) is 3.17. The monoisotopic (exact) mass is 394 g/mol. The lowest BCUT2D eigenvalue weighted by Crippen LogP contribution is -2.32. The topological polar surface area (TPSA) is 75.7 Å². The Bertz CT molecular complexity index is 900. The van der Waals surface area contributed by atoms with Crippen molar-refractivity contribution in [3.63, 3.8) is 0 Å². The zero-order valence-corrected chi connectivity index (χ0v) is 16.5. The molecule has 2 heterocycles. The second kappa shape index (κ2) is 7.67. The van der Waals surface area contributed by atoms with Crippen LogP contribution < -0.4 is 9.46 Å². The van der Waals surface area contributed by atoms with E-state index in [2.05, 4.69) is 4.72 Å². The van der Waals surface area contributed by atoms with Gasteiger partial charge in [0.05, 0.1) is 5.69 Å². The smallest absolute Gasteiger partial charge is 0.263 e. The summed E-state index contributed by atoms with van der Waals surface area (Å²) in [6, 6.07) is 8.30. The normalized spacial score (nSPS) is 14.5. The van der Waals surface area contributed by atoms with E-state index in [1.807, 2.05) is 6.92 Å². The van der Waals surface area contributed by atoms with Gasteiger partial charge in [0.1, 0.15) is 10.6 Å². The Morgan fingerprint density at radius 1 is 1.23 bits per heavy atom. The summed E-state index contributed by atoms with van der Waals surface area (Å²) in [5, 5.41) is 0. The highest BCUT2D eigenvalue weighted by Crippen LogP contribution is 2.27. The molecular weight excluding hydrogens is 372 g/mol. The first-order valence-corrected chi connectivity index (χ1v) is 10.8. The summed E-state index contributed by atoms with van der Waals surface area (Å²) in [6.45, 7) is 5.18. The van der Waals surface area contributed by atoms with Gasteiger partial charge in [-0.1, -0.05) is 6.07 Å². The SMILES string of the molecule is Cc1cc(S(=O)(=O)Nc2cccc(OCC(=O)N3CCCC3)c2)c(C)s1. The number of thiophene rings is 1. The van der Waals surface area contributed by atoms with Gasteiger partial charge < -0.3 is 9.64 Å². The first-order chi connectivity index (χ1) is 12.3. The maximum atomic E-state index is 12.6. The lowest BCUT2D eigenvalue weighted by Gasteiger charge is -2.16. The molecule has 0 radical (unpaired) electrons. The van der Waals surface area contributed by atoms with Gasteiger partial charge in [0.25, 0.3) is 15.9 Å². The maximum Gasteiger partial charge on any atom is 0.263 e. The Hall–Kier alpha value is -2.06. The van der Waals surface area contributed by atoms with Crippen LogP contribution >= 0.6 is 11.3 Å². The third-order valence-electron chi connectivity index (χ3n) is 4.19. The number of likely N-dealkylation sites (tertiary alicyclic amines) is 1. The van der Waals surface area contributed by atoms with Gasteiger partial charge in [-0.3, -0.25) is 9.52 Å². The summed E-state index contributed by atoms with van der Waals surface area (Å²) < 4.78 is 33.3. The van der Waals surface area contributed by atoms with Crippen molar-refractivity contribution in [2.75, 3.05) is 24.4 Å². The van der Waals surface area contributed by atoms with Gasteiger partial charge in [-0.05, 0) is 44.9 Å². The number of hydrogen-bond acceptors (Lipinski definition) is 5. The van der Waals surface area contributed by atoms with Gasteiger partial charge in [0, 0.05) is 28.9 Å². The molecule has 6 nitrogen and oxygen atoms in total. The fourth-order valence-corrected chi connectivity index (χ4v) is 5.54. The Morgan fingerprint density at radius 2 is 1.96 bits per heavy atom. The zero-order chi connectivity index (χ0) is 18.7. The van der Waals surface area contributed by atoms with Gasteiger partial charge >= 0.3 is 0 Å². The Labute approximate surface area is 157 Å². The van der Waals surface area contributed by atoms with E-state index in [1.165, 1.54) is 11.3 Å². The molecule has 1 amide bonds. The fourth-order valence-electron chi connectivity index (χ4n) is 2.94. The van der Waals surface area contributed by atoms with Crippen LogP contribution in [0, 0.1) is 13.8 Å². The average Bonchev–Trinajstić information content (AvgIpc) is 3.22. The van der Waals surface area contributed by atoms with E-state index in [1.54, 1.807) is 42.2 Å². The number of anilines is 1. The van der Waals surface area contributed by atoms with Crippen molar-refractivity contribution >= 4 is 33.0 Å². The van der Waals surface area contributed by atoms with Crippen LogP contribution in [-0.4, -0.2) is 38.9 Å². The molecule has 3 rings (SSSR count). The minimum absolute atomic E-state index is 0.0426. The maximum absolute atomic E-state index is 12.6. The van der Waals surface area contributed by atoms with Gasteiger partial charge in [-0.15, -0.1) is 11.3 Å². The third kappa shape index (κ3) is 4.37. The molecule has 1 aromatic carbocycles. The number of hydrogen-bond donors (Lipinski definition) is 1. The molecule has 0 saturated carbocycles. The van der Waals surface area contributed by atoms with Crippen LogP contribution in [-0.2, 0) is 14.8 Å². The highest BCUT2D eigenvalue weighted by Gasteiger charge is 2.20. The molecule has 1 aromatic heterocycles. The molecule has 1 aliphatic rings. The summed E-state index contributed by atoms with van der Waals surface area (Å²) in [5.74, 6) is 0.411. The van der Waals surface area contributed by atoms with E-state index in [0.717, 1.165) is 35.7 Å². The number of rotatable bonds is 6. The minimum atomic E-state index is -3.65. The van der Waals surface area contributed by atoms with Gasteiger partial charge in [0.15, 0.2) is 6.61 Å². The van der Waals surface area contributed by atoms with E-state index in [9.17, 15) is 13.2 Å². The van der Waals surface area contributed by atoms with Crippen LogP contribution in [0.2, 0.25) is 0 Å². The first-order valence-electron chi connectivity index (χ1n) is 8.46. The van der Waals surface area contributed by atoms with Crippen LogP contribution in [0.15, 0.2) is 35.2 Å².